The average molecular weight is 483 g/mol. The molecule has 1 atom stereocenters. The van der Waals surface area contributed by atoms with Gasteiger partial charge in [0.05, 0.1) is 24.1 Å². The molecule has 8 nitrogen and oxygen atoms in total. The van der Waals surface area contributed by atoms with Crippen molar-refractivity contribution in [1.82, 2.24) is 39.0 Å². The van der Waals surface area contributed by atoms with Gasteiger partial charge in [0.25, 0.3) is 0 Å². The fraction of sp³-hybridized carbons (Fsp3) is 0.333. The molecule has 0 spiro atoms. The minimum absolute atomic E-state index is 0.485. The van der Waals surface area contributed by atoms with Crippen LogP contribution in [0.2, 0.25) is 0 Å². The highest BCUT2D eigenvalue weighted by molar-refractivity contribution is 5.56. The van der Waals surface area contributed by atoms with Crippen molar-refractivity contribution in [2.75, 3.05) is 6.54 Å². The molecule has 0 amide bonds. The molecule has 9 heteroatoms. The molecule has 36 heavy (non-hydrogen) atoms. The van der Waals surface area contributed by atoms with E-state index in [1.807, 2.05) is 53.6 Å². The first kappa shape index (κ1) is 21.4. The molecule has 3 fully saturated rings. The van der Waals surface area contributed by atoms with Crippen LogP contribution in [-0.4, -0.2) is 45.9 Å². The van der Waals surface area contributed by atoms with Crippen LogP contribution in [0.15, 0.2) is 73.8 Å². The molecular weight excluding hydrogens is 455 g/mol. The van der Waals surface area contributed by atoms with E-state index in [4.69, 9.17) is 4.98 Å². The zero-order valence-corrected chi connectivity index (χ0v) is 19.8. The monoisotopic (exact) mass is 482 g/mol. The third kappa shape index (κ3) is 3.99. The molecule has 182 valence electrons. The Balaban J connectivity index is 1.01. The van der Waals surface area contributed by atoms with Gasteiger partial charge in [0.15, 0.2) is 5.82 Å². The number of hydrogen-bond acceptors (Lipinski definition) is 5. The van der Waals surface area contributed by atoms with Crippen LogP contribution in [0.4, 0.5) is 4.39 Å². The number of fused-ring (bicyclic) bond motifs is 2. The van der Waals surface area contributed by atoms with Gasteiger partial charge < -0.3 is 14.3 Å². The highest BCUT2D eigenvalue weighted by Gasteiger charge is 2.56. The minimum atomic E-state index is -0.849. The van der Waals surface area contributed by atoms with Crippen molar-refractivity contribution in [2.45, 2.75) is 38.0 Å². The molecule has 5 aromatic rings. The molecule has 2 bridgehead atoms. The number of nitrogens with one attached hydrogen (secondary N) is 1. The lowest BCUT2D eigenvalue weighted by Gasteiger charge is -2.30. The Morgan fingerprint density at radius 3 is 2.81 bits per heavy atom. The quantitative estimate of drug-likeness (QED) is 0.361. The van der Waals surface area contributed by atoms with Crippen molar-refractivity contribution in [2.24, 2.45) is 11.8 Å². The Bertz CT molecular complexity index is 1510. The van der Waals surface area contributed by atoms with Gasteiger partial charge in [0.1, 0.15) is 17.6 Å². The predicted octanol–water partition coefficient (Wildman–Crippen LogP) is 4.05. The van der Waals surface area contributed by atoms with E-state index in [0.717, 1.165) is 54.9 Å². The predicted molar refractivity (Wildman–Crippen MR) is 133 cm³/mol. The summed E-state index contributed by atoms with van der Waals surface area (Å²) in [6, 6.07) is 10.1. The van der Waals surface area contributed by atoms with Crippen LogP contribution in [0.1, 0.15) is 30.5 Å². The van der Waals surface area contributed by atoms with Crippen molar-refractivity contribution in [1.29, 1.82) is 0 Å². The topological polar surface area (TPSA) is 77.9 Å². The lowest BCUT2D eigenvalue weighted by molar-refractivity contribution is 0.0738. The van der Waals surface area contributed by atoms with Crippen molar-refractivity contribution in [3.63, 3.8) is 0 Å². The van der Waals surface area contributed by atoms with E-state index >= 15 is 0 Å². The number of hydrogen-bond donors (Lipinski definition) is 1. The van der Waals surface area contributed by atoms with Gasteiger partial charge >= 0.3 is 0 Å². The fourth-order valence-electron chi connectivity index (χ4n) is 5.80. The highest BCUT2D eigenvalue weighted by Crippen LogP contribution is 2.57. The Morgan fingerprint density at radius 1 is 1.08 bits per heavy atom. The normalized spacial score (nSPS) is 22.8. The summed E-state index contributed by atoms with van der Waals surface area (Å²) in [7, 11) is 0. The number of nitrogens with zero attached hydrogens (tertiary/aromatic N) is 7. The minimum Gasteiger partial charge on any atom is -0.322 e. The summed E-state index contributed by atoms with van der Waals surface area (Å²) < 4.78 is 20.0. The number of imidazole rings is 1. The van der Waals surface area contributed by atoms with Crippen molar-refractivity contribution in [3.05, 3.63) is 85.1 Å². The van der Waals surface area contributed by atoms with Crippen molar-refractivity contribution >= 4 is 5.65 Å². The summed E-state index contributed by atoms with van der Waals surface area (Å²) in [6.45, 7) is 2.19. The maximum atomic E-state index is 14.1. The maximum Gasteiger partial charge on any atom is 0.182 e. The van der Waals surface area contributed by atoms with Crippen LogP contribution in [-0.2, 0) is 13.1 Å². The van der Waals surface area contributed by atoms with Crippen LogP contribution in [0.3, 0.4) is 0 Å². The van der Waals surface area contributed by atoms with Crippen molar-refractivity contribution < 1.29 is 4.39 Å². The van der Waals surface area contributed by atoms with Gasteiger partial charge in [-0.1, -0.05) is 6.07 Å². The van der Waals surface area contributed by atoms with Gasteiger partial charge in [-0.25, -0.2) is 19.0 Å². The first-order chi connectivity index (χ1) is 17.6. The summed E-state index contributed by atoms with van der Waals surface area (Å²) in [5.74, 6) is 1.70. The summed E-state index contributed by atoms with van der Waals surface area (Å²) >= 11 is 0. The summed E-state index contributed by atoms with van der Waals surface area (Å²) in [5.41, 5.74) is 3.97. The SMILES string of the molecule is FC12CC(C1)[C@H](CNCc1ccc3nc(Cn4cnc(-c5cncc(-n6cccc6)c5)n4)cn3c1)C2. The van der Waals surface area contributed by atoms with Crippen LogP contribution < -0.4 is 5.32 Å². The summed E-state index contributed by atoms with van der Waals surface area (Å²) in [6.07, 6.45) is 15.7. The Kier molecular flexibility index (Phi) is 4.99. The Morgan fingerprint density at radius 2 is 1.97 bits per heavy atom. The third-order valence-electron chi connectivity index (χ3n) is 7.59. The molecule has 0 unspecified atom stereocenters. The van der Waals surface area contributed by atoms with Crippen LogP contribution in [0.5, 0.6) is 0 Å². The molecule has 3 aliphatic rings. The van der Waals surface area contributed by atoms with Gasteiger partial charge in [-0.2, -0.15) is 5.10 Å². The van der Waals surface area contributed by atoms with E-state index in [-0.39, 0.29) is 0 Å². The van der Waals surface area contributed by atoms with Crippen molar-refractivity contribution in [3.8, 4) is 17.1 Å². The third-order valence-corrected chi connectivity index (χ3v) is 7.59. The molecule has 8 rings (SSSR count). The molecule has 1 N–H and O–H groups in total. The highest BCUT2D eigenvalue weighted by atomic mass is 19.1. The fourth-order valence-corrected chi connectivity index (χ4v) is 5.80. The average Bonchev–Trinajstić information content (AvgIpc) is 3.68. The summed E-state index contributed by atoms with van der Waals surface area (Å²) in [5, 5.41) is 8.18. The zero-order chi connectivity index (χ0) is 24.1. The number of aromatic nitrogens is 7. The van der Waals surface area contributed by atoms with Gasteiger partial charge in [-0.15, -0.1) is 0 Å². The second kappa shape index (κ2) is 8.37. The smallest absolute Gasteiger partial charge is 0.182 e. The first-order valence-electron chi connectivity index (χ1n) is 12.4. The second-order valence-corrected chi connectivity index (χ2v) is 10.2. The second-order valence-electron chi connectivity index (χ2n) is 10.2. The van der Waals surface area contributed by atoms with Gasteiger partial charge in [0, 0.05) is 43.1 Å². The molecule has 5 heterocycles. The van der Waals surface area contributed by atoms with Crippen LogP contribution >= 0.6 is 0 Å². The van der Waals surface area contributed by atoms with Crippen LogP contribution in [0, 0.1) is 11.8 Å². The first-order valence-corrected chi connectivity index (χ1v) is 12.4. The van der Waals surface area contributed by atoms with E-state index in [9.17, 15) is 4.39 Å². The molecule has 0 radical (unpaired) electrons. The van der Waals surface area contributed by atoms with Crippen LogP contribution in [0.25, 0.3) is 22.7 Å². The Hall–Kier alpha value is -3.85. The Labute approximate surface area is 207 Å². The van der Waals surface area contributed by atoms with E-state index in [0.29, 0.717) is 24.2 Å². The molecule has 3 aliphatic carbocycles. The van der Waals surface area contributed by atoms with E-state index in [1.165, 1.54) is 5.56 Å². The number of rotatable bonds is 8. The molecule has 3 saturated carbocycles. The number of alkyl halides is 1. The maximum absolute atomic E-state index is 14.1. The number of halogens is 1. The van der Waals surface area contributed by atoms with E-state index < -0.39 is 5.67 Å². The molecule has 0 aliphatic heterocycles. The summed E-state index contributed by atoms with van der Waals surface area (Å²) in [4.78, 5) is 13.6. The molecule has 0 aromatic carbocycles. The largest absolute Gasteiger partial charge is 0.322 e. The number of pyridine rings is 2. The lowest BCUT2D eigenvalue weighted by atomic mass is 9.80. The molecule has 5 aromatic heterocycles. The molecular formula is C27H27FN8. The van der Waals surface area contributed by atoms with E-state index in [1.54, 1.807) is 17.2 Å². The van der Waals surface area contributed by atoms with Gasteiger partial charge in [-0.05, 0) is 67.5 Å². The van der Waals surface area contributed by atoms with E-state index in [2.05, 4.69) is 37.0 Å². The van der Waals surface area contributed by atoms with Gasteiger partial charge in [-0.3, -0.25) is 4.98 Å². The molecule has 0 saturated heterocycles. The zero-order valence-electron chi connectivity index (χ0n) is 19.8. The standard InChI is InChI=1S/C27H27FN8/c28-27-8-21(9-27)22(10-27)13-29-11-19-3-4-25-32-23(16-35(25)15-19)17-36-18-31-26(33-36)20-7-24(14-30-12-20)34-5-1-2-6-34/h1-7,12,14-16,18,21-22,29H,8-11,13,17H2/t21?,22-,27?/m0/s1. The lowest BCUT2D eigenvalue weighted by Crippen LogP contribution is -2.30. The van der Waals surface area contributed by atoms with Gasteiger partial charge in [0.2, 0.25) is 0 Å².